The van der Waals surface area contributed by atoms with Crippen molar-refractivity contribution < 1.29 is 9.21 Å². The van der Waals surface area contributed by atoms with E-state index in [1.807, 2.05) is 31.2 Å². The molecule has 2 aromatic heterocycles. The number of aryl methyl sites for hydroxylation is 1. The minimum absolute atomic E-state index is 0.536. The maximum atomic E-state index is 10.8. The van der Waals surface area contributed by atoms with Crippen LogP contribution in [-0.2, 0) is 17.6 Å². The van der Waals surface area contributed by atoms with Gasteiger partial charge in [0.15, 0.2) is 16.3 Å². The normalized spacial score (nSPS) is 11.7. The molecule has 0 aliphatic carbocycles. The molecule has 0 atom stereocenters. The molecule has 0 saturated heterocycles. The maximum absolute atomic E-state index is 10.8. The quantitative estimate of drug-likeness (QED) is 0.273. The van der Waals surface area contributed by atoms with Crippen LogP contribution in [0.1, 0.15) is 25.1 Å². The molecule has 6 heteroatoms. The smallest absolute Gasteiger partial charge is 0.197 e. The molecule has 0 saturated carbocycles. The second kappa shape index (κ2) is 9.87. The SMILES string of the molecule is C=CCc1c(CC)nc(-c2ccc(Br)o2)nc1NC/C=C\C(C=O)=C/C. The van der Waals surface area contributed by atoms with Crippen molar-refractivity contribution in [1.82, 2.24) is 9.97 Å². The first-order valence-corrected chi connectivity index (χ1v) is 9.20. The lowest BCUT2D eigenvalue weighted by Crippen LogP contribution is -2.10. The summed E-state index contributed by atoms with van der Waals surface area (Å²) in [5.74, 6) is 1.89. The molecule has 1 N–H and O–H groups in total. The lowest BCUT2D eigenvalue weighted by molar-refractivity contribution is -0.104. The molecule has 0 unspecified atom stereocenters. The molecule has 26 heavy (non-hydrogen) atoms. The average Bonchev–Trinajstić information content (AvgIpc) is 3.09. The lowest BCUT2D eigenvalue weighted by atomic mass is 10.1. The summed E-state index contributed by atoms with van der Waals surface area (Å²) in [6.07, 6.45) is 9.54. The molecule has 0 fully saturated rings. The Bertz CT molecular complexity index is 838. The monoisotopic (exact) mass is 415 g/mol. The number of nitrogens with zero attached hydrogens (tertiary/aromatic N) is 2. The Balaban J connectivity index is 2.34. The number of nitrogens with one attached hydrogen (secondary N) is 1. The first kappa shape index (κ1) is 19.8. The number of carbonyl (C=O) groups is 1. The Hall–Kier alpha value is -2.47. The zero-order valence-electron chi connectivity index (χ0n) is 15.0. The Morgan fingerprint density at radius 3 is 2.77 bits per heavy atom. The van der Waals surface area contributed by atoms with Crippen molar-refractivity contribution in [3.63, 3.8) is 0 Å². The van der Waals surface area contributed by atoms with Gasteiger partial charge >= 0.3 is 0 Å². The van der Waals surface area contributed by atoms with E-state index in [9.17, 15) is 4.79 Å². The van der Waals surface area contributed by atoms with Crippen molar-refractivity contribution >= 4 is 28.0 Å². The van der Waals surface area contributed by atoms with Crippen LogP contribution in [0.15, 0.2) is 57.7 Å². The molecule has 0 aliphatic rings. The number of rotatable bonds is 9. The predicted molar refractivity (Wildman–Crippen MR) is 108 cm³/mol. The van der Waals surface area contributed by atoms with Crippen LogP contribution in [0, 0.1) is 0 Å². The molecule has 5 nitrogen and oxygen atoms in total. The van der Waals surface area contributed by atoms with Gasteiger partial charge in [-0.15, -0.1) is 6.58 Å². The molecule has 0 aliphatic heterocycles. The second-order valence-corrected chi connectivity index (χ2v) is 6.24. The summed E-state index contributed by atoms with van der Waals surface area (Å²) in [5, 5.41) is 3.31. The van der Waals surface area contributed by atoms with Crippen molar-refractivity contribution in [2.45, 2.75) is 26.7 Å². The van der Waals surface area contributed by atoms with Crippen LogP contribution >= 0.6 is 15.9 Å². The molecule has 0 spiro atoms. The Kier molecular flexibility index (Phi) is 7.53. The summed E-state index contributed by atoms with van der Waals surface area (Å²) in [6.45, 7) is 8.26. The van der Waals surface area contributed by atoms with Gasteiger partial charge in [-0.05, 0) is 47.8 Å². The highest BCUT2D eigenvalue weighted by Crippen LogP contribution is 2.26. The number of hydrogen-bond acceptors (Lipinski definition) is 5. The minimum Gasteiger partial charge on any atom is -0.446 e. The van der Waals surface area contributed by atoms with Crippen molar-refractivity contribution in [2.24, 2.45) is 0 Å². The number of allylic oxidation sites excluding steroid dienone is 4. The van der Waals surface area contributed by atoms with Gasteiger partial charge < -0.3 is 9.73 Å². The lowest BCUT2D eigenvalue weighted by Gasteiger charge is -2.13. The Labute approximate surface area is 162 Å². The van der Waals surface area contributed by atoms with E-state index in [0.29, 0.717) is 34.8 Å². The third-order valence-corrected chi connectivity index (χ3v) is 4.16. The van der Waals surface area contributed by atoms with E-state index in [1.54, 1.807) is 12.2 Å². The van der Waals surface area contributed by atoms with Crippen LogP contribution in [0.2, 0.25) is 0 Å². The summed E-state index contributed by atoms with van der Waals surface area (Å²) in [7, 11) is 0. The number of halogens is 1. The fourth-order valence-corrected chi connectivity index (χ4v) is 2.73. The van der Waals surface area contributed by atoms with E-state index in [4.69, 9.17) is 4.42 Å². The van der Waals surface area contributed by atoms with Crippen LogP contribution in [0.5, 0.6) is 0 Å². The largest absolute Gasteiger partial charge is 0.446 e. The van der Waals surface area contributed by atoms with Gasteiger partial charge in [0.2, 0.25) is 0 Å². The number of furan rings is 1. The van der Waals surface area contributed by atoms with Gasteiger partial charge in [-0.2, -0.15) is 0 Å². The van der Waals surface area contributed by atoms with E-state index in [-0.39, 0.29) is 0 Å². The summed E-state index contributed by atoms with van der Waals surface area (Å²) in [6, 6.07) is 3.65. The van der Waals surface area contributed by atoms with Crippen molar-refractivity contribution in [2.75, 3.05) is 11.9 Å². The number of carbonyl (C=O) groups excluding carboxylic acids is 1. The Morgan fingerprint density at radius 2 is 2.19 bits per heavy atom. The Morgan fingerprint density at radius 1 is 1.38 bits per heavy atom. The second-order valence-electron chi connectivity index (χ2n) is 5.46. The molecule has 0 bridgehead atoms. The topological polar surface area (TPSA) is 68.0 Å². The van der Waals surface area contributed by atoms with Crippen LogP contribution in [0.3, 0.4) is 0 Å². The third kappa shape index (κ3) is 5.02. The fourth-order valence-electron chi connectivity index (χ4n) is 2.43. The number of hydrogen-bond donors (Lipinski definition) is 1. The average molecular weight is 416 g/mol. The van der Waals surface area contributed by atoms with Crippen LogP contribution in [0.25, 0.3) is 11.6 Å². The first-order chi connectivity index (χ1) is 12.6. The maximum Gasteiger partial charge on any atom is 0.197 e. The van der Waals surface area contributed by atoms with Crippen LogP contribution in [0.4, 0.5) is 5.82 Å². The zero-order valence-corrected chi connectivity index (χ0v) is 16.5. The van der Waals surface area contributed by atoms with E-state index in [0.717, 1.165) is 29.8 Å². The van der Waals surface area contributed by atoms with Gasteiger partial charge in [0.25, 0.3) is 0 Å². The zero-order chi connectivity index (χ0) is 18.9. The fraction of sp³-hybridized carbons (Fsp3) is 0.250. The summed E-state index contributed by atoms with van der Waals surface area (Å²) < 4.78 is 6.23. The first-order valence-electron chi connectivity index (χ1n) is 8.41. The molecule has 2 rings (SSSR count). The summed E-state index contributed by atoms with van der Waals surface area (Å²) in [5.41, 5.74) is 2.61. The highest BCUT2D eigenvalue weighted by molar-refractivity contribution is 9.10. The predicted octanol–water partition coefficient (Wildman–Crippen LogP) is 4.90. The van der Waals surface area contributed by atoms with E-state index >= 15 is 0 Å². The van der Waals surface area contributed by atoms with Crippen molar-refractivity contribution in [1.29, 1.82) is 0 Å². The van der Waals surface area contributed by atoms with E-state index in [1.165, 1.54) is 0 Å². The van der Waals surface area contributed by atoms with E-state index < -0.39 is 0 Å². The molecule has 0 amide bonds. The summed E-state index contributed by atoms with van der Waals surface area (Å²) >= 11 is 3.31. The van der Waals surface area contributed by atoms with Crippen LogP contribution in [-0.4, -0.2) is 22.8 Å². The standard InChI is InChI=1S/C20H22BrN3O2/c1-4-8-15-16(6-3)23-20(17-10-11-18(21)26-17)24-19(15)22-12-7-9-14(5-2)13-25/h4-5,7,9-11,13H,1,6,8,12H2,2-3H3,(H,22,23,24)/b9-7-,14-5+. The van der Waals surface area contributed by atoms with Gasteiger partial charge in [0.1, 0.15) is 12.1 Å². The van der Waals surface area contributed by atoms with Gasteiger partial charge in [-0.3, -0.25) is 4.79 Å². The van der Waals surface area contributed by atoms with Gasteiger partial charge in [0.05, 0.1) is 0 Å². The highest BCUT2D eigenvalue weighted by atomic mass is 79.9. The van der Waals surface area contributed by atoms with Gasteiger partial charge in [-0.1, -0.05) is 31.2 Å². The van der Waals surface area contributed by atoms with Crippen molar-refractivity contribution in [3.05, 3.63) is 64.5 Å². The molecule has 0 aromatic carbocycles. The number of aldehydes is 1. The van der Waals surface area contributed by atoms with Crippen molar-refractivity contribution in [3.8, 4) is 11.6 Å². The minimum atomic E-state index is 0.536. The van der Waals surface area contributed by atoms with Crippen LogP contribution < -0.4 is 5.32 Å². The number of aromatic nitrogens is 2. The molecule has 0 radical (unpaired) electrons. The molecule has 2 aromatic rings. The molecule has 2 heterocycles. The van der Waals surface area contributed by atoms with Gasteiger partial charge in [-0.25, -0.2) is 9.97 Å². The number of anilines is 1. The third-order valence-electron chi connectivity index (χ3n) is 3.74. The highest BCUT2D eigenvalue weighted by Gasteiger charge is 2.15. The summed E-state index contributed by atoms with van der Waals surface area (Å²) in [4.78, 5) is 20.1. The molecular weight excluding hydrogens is 394 g/mol. The molecule has 136 valence electrons. The molecular formula is C20H22BrN3O2. The van der Waals surface area contributed by atoms with E-state index in [2.05, 4.69) is 44.7 Å². The van der Waals surface area contributed by atoms with Gasteiger partial charge in [0, 0.05) is 23.4 Å².